The lowest BCUT2D eigenvalue weighted by molar-refractivity contribution is -0.160. The van der Waals surface area contributed by atoms with Crippen LogP contribution in [-0.2, 0) is 38.3 Å². The van der Waals surface area contributed by atoms with Crippen molar-refractivity contribution < 1.29 is 23.5 Å². The summed E-state index contributed by atoms with van der Waals surface area (Å²) in [5, 5.41) is 0. The molecule has 1 aliphatic rings. The van der Waals surface area contributed by atoms with Crippen molar-refractivity contribution in [3.8, 4) is 0 Å². The number of benzene rings is 1. The Morgan fingerprint density at radius 2 is 1.83 bits per heavy atom. The van der Waals surface area contributed by atoms with Gasteiger partial charge in [-0.1, -0.05) is 6.07 Å². The van der Waals surface area contributed by atoms with Gasteiger partial charge in [0, 0.05) is 0 Å². The molecular weight excluding hydrogens is 311 g/mol. The number of hydrogen-bond acceptors (Lipinski definition) is 4. The number of carbonyl (C=O) groups excluding carboxylic acids is 2. The first kappa shape index (κ1) is 18.4. The van der Waals surface area contributed by atoms with Crippen LogP contribution in [0.3, 0.4) is 0 Å². The minimum absolute atomic E-state index is 0.125. The molecule has 0 saturated carbocycles. The van der Waals surface area contributed by atoms with Crippen LogP contribution in [0.5, 0.6) is 0 Å². The zero-order valence-corrected chi connectivity index (χ0v) is 14.8. The van der Waals surface area contributed by atoms with Crippen LogP contribution >= 0.6 is 0 Å². The number of carbonyl (C=O) groups is 2. The molecule has 2 rings (SSSR count). The van der Waals surface area contributed by atoms with E-state index in [1.807, 2.05) is 6.07 Å². The largest absolute Gasteiger partial charge is 0.469 e. The predicted octanol–water partition coefficient (Wildman–Crippen LogP) is 3.38. The van der Waals surface area contributed by atoms with Gasteiger partial charge in [-0.15, -0.1) is 0 Å². The highest BCUT2D eigenvalue weighted by molar-refractivity contribution is 5.80. The fourth-order valence-corrected chi connectivity index (χ4v) is 3.06. The molecule has 0 amide bonds. The molecule has 0 radical (unpaired) electrons. The van der Waals surface area contributed by atoms with E-state index in [0.717, 1.165) is 30.4 Å². The monoisotopic (exact) mass is 336 g/mol. The van der Waals surface area contributed by atoms with Crippen molar-refractivity contribution in [3.05, 3.63) is 34.6 Å². The van der Waals surface area contributed by atoms with Crippen LogP contribution < -0.4 is 0 Å². The maximum absolute atomic E-state index is 14.3. The fourth-order valence-electron chi connectivity index (χ4n) is 3.06. The molecule has 5 heteroatoms. The highest BCUT2D eigenvalue weighted by Crippen LogP contribution is 2.27. The number of esters is 2. The van der Waals surface area contributed by atoms with Gasteiger partial charge in [0.2, 0.25) is 0 Å². The maximum atomic E-state index is 14.3. The van der Waals surface area contributed by atoms with E-state index in [4.69, 9.17) is 9.47 Å². The van der Waals surface area contributed by atoms with Gasteiger partial charge in [0.25, 0.3) is 0 Å². The summed E-state index contributed by atoms with van der Waals surface area (Å²) in [5.41, 5.74) is 2.00. The fraction of sp³-hybridized carbons (Fsp3) is 0.579. The van der Waals surface area contributed by atoms with E-state index in [9.17, 15) is 14.0 Å². The van der Waals surface area contributed by atoms with E-state index in [1.54, 1.807) is 26.8 Å². The third kappa shape index (κ3) is 4.79. The second kappa shape index (κ2) is 7.32. The Labute approximate surface area is 142 Å². The topological polar surface area (TPSA) is 52.6 Å². The van der Waals surface area contributed by atoms with Crippen molar-refractivity contribution in [1.82, 2.24) is 0 Å². The SMILES string of the molecule is COC(=O)[C@@H](CC(=O)OC(C)(C)C)Cc1cc2c(cc1F)CCC2. The molecule has 0 bridgehead atoms. The van der Waals surface area contributed by atoms with Crippen LogP contribution in [0.25, 0.3) is 0 Å². The maximum Gasteiger partial charge on any atom is 0.309 e. The molecular formula is C19H25FO4. The molecule has 0 N–H and O–H groups in total. The van der Waals surface area contributed by atoms with Crippen molar-refractivity contribution in [2.24, 2.45) is 5.92 Å². The number of fused-ring (bicyclic) bond motifs is 1. The molecule has 1 atom stereocenters. The van der Waals surface area contributed by atoms with Crippen molar-refractivity contribution in [1.29, 1.82) is 0 Å². The van der Waals surface area contributed by atoms with E-state index < -0.39 is 23.5 Å². The summed E-state index contributed by atoms with van der Waals surface area (Å²) < 4.78 is 24.4. The van der Waals surface area contributed by atoms with Gasteiger partial charge in [-0.25, -0.2) is 4.39 Å². The lowest BCUT2D eigenvalue weighted by atomic mass is 9.93. The first-order chi connectivity index (χ1) is 11.2. The van der Waals surface area contributed by atoms with Gasteiger partial charge in [0.05, 0.1) is 19.4 Å². The molecule has 0 spiro atoms. The molecule has 0 aliphatic heterocycles. The van der Waals surface area contributed by atoms with Gasteiger partial charge < -0.3 is 9.47 Å². The van der Waals surface area contributed by atoms with Gasteiger partial charge in [-0.05, 0) is 69.2 Å². The van der Waals surface area contributed by atoms with E-state index in [2.05, 4.69) is 0 Å². The number of ether oxygens (including phenoxy) is 2. The first-order valence-electron chi connectivity index (χ1n) is 8.29. The molecule has 4 nitrogen and oxygen atoms in total. The first-order valence-corrected chi connectivity index (χ1v) is 8.29. The van der Waals surface area contributed by atoms with E-state index in [0.29, 0.717) is 5.56 Å². The number of rotatable bonds is 5. The Morgan fingerprint density at radius 1 is 1.21 bits per heavy atom. The summed E-state index contributed by atoms with van der Waals surface area (Å²) in [5.74, 6) is -2.09. The molecule has 132 valence electrons. The normalized spacial score (nSPS) is 14.9. The zero-order valence-electron chi connectivity index (χ0n) is 14.8. The molecule has 0 heterocycles. The lowest BCUT2D eigenvalue weighted by Crippen LogP contribution is -2.28. The third-order valence-electron chi connectivity index (χ3n) is 4.09. The molecule has 0 unspecified atom stereocenters. The van der Waals surface area contributed by atoms with Crippen molar-refractivity contribution in [3.63, 3.8) is 0 Å². The van der Waals surface area contributed by atoms with Gasteiger partial charge in [-0.2, -0.15) is 0 Å². The third-order valence-corrected chi connectivity index (χ3v) is 4.09. The Bertz CT molecular complexity index is 631. The summed E-state index contributed by atoms with van der Waals surface area (Å²) in [6.45, 7) is 5.29. The van der Waals surface area contributed by atoms with Gasteiger partial charge >= 0.3 is 11.9 Å². The molecule has 0 fully saturated rings. The Kier molecular flexibility index (Phi) is 5.62. The smallest absolute Gasteiger partial charge is 0.309 e. The van der Waals surface area contributed by atoms with Crippen LogP contribution in [0, 0.1) is 11.7 Å². The number of hydrogen-bond donors (Lipinski definition) is 0. The van der Waals surface area contributed by atoms with Crippen molar-refractivity contribution >= 4 is 11.9 Å². The van der Waals surface area contributed by atoms with E-state index in [1.165, 1.54) is 7.11 Å². The second-order valence-electron chi connectivity index (χ2n) is 7.28. The molecule has 0 saturated heterocycles. The highest BCUT2D eigenvalue weighted by atomic mass is 19.1. The summed E-state index contributed by atoms with van der Waals surface area (Å²) in [7, 11) is 1.27. The zero-order chi connectivity index (χ0) is 17.9. The van der Waals surface area contributed by atoms with Crippen molar-refractivity contribution in [2.45, 2.75) is 58.5 Å². The highest BCUT2D eigenvalue weighted by Gasteiger charge is 2.28. The Morgan fingerprint density at radius 3 is 2.42 bits per heavy atom. The minimum Gasteiger partial charge on any atom is -0.469 e. The average Bonchev–Trinajstić information content (AvgIpc) is 2.91. The van der Waals surface area contributed by atoms with E-state index >= 15 is 0 Å². The minimum atomic E-state index is -0.751. The Balaban J connectivity index is 2.15. The lowest BCUT2D eigenvalue weighted by Gasteiger charge is -2.21. The quantitative estimate of drug-likeness (QED) is 0.774. The van der Waals surface area contributed by atoms with Crippen LogP contribution in [0.4, 0.5) is 4.39 Å². The summed E-state index contributed by atoms with van der Waals surface area (Å²) >= 11 is 0. The summed E-state index contributed by atoms with van der Waals surface area (Å²) in [4.78, 5) is 24.0. The number of halogens is 1. The van der Waals surface area contributed by atoms with Crippen LogP contribution in [0.1, 0.15) is 50.3 Å². The number of methoxy groups -OCH3 is 1. The second-order valence-corrected chi connectivity index (χ2v) is 7.28. The standard InChI is InChI=1S/C19H25FO4/c1-19(2,3)24-17(21)11-15(18(22)23-4)9-14-8-12-6-5-7-13(12)10-16(14)20/h8,10,15H,5-7,9,11H2,1-4H3/t15-/m1/s1. The molecule has 24 heavy (non-hydrogen) atoms. The predicted molar refractivity (Wildman–Crippen MR) is 88.1 cm³/mol. The molecule has 1 aromatic carbocycles. The summed E-state index contributed by atoms with van der Waals surface area (Å²) in [6, 6.07) is 3.38. The number of aryl methyl sites for hydroxylation is 2. The van der Waals surface area contributed by atoms with E-state index in [-0.39, 0.29) is 18.7 Å². The summed E-state index contributed by atoms with van der Waals surface area (Å²) in [6.07, 6.45) is 2.85. The van der Waals surface area contributed by atoms with Gasteiger partial charge in [0.15, 0.2) is 0 Å². The molecule has 1 aliphatic carbocycles. The molecule has 0 aromatic heterocycles. The van der Waals surface area contributed by atoms with Gasteiger partial charge in [-0.3, -0.25) is 9.59 Å². The van der Waals surface area contributed by atoms with Gasteiger partial charge in [0.1, 0.15) is 11.4 Å². The van der Waals surface area contributed by atoms with Crippen LogP contribution in [-0.4, -0.2) is 24.6 Å². The Hall–Kier alpha value is -1.91. The van der Waals surface area contributed by atoms with Crippen LogP contribution in [0.2, 0.25) is 0 Å². The molecule has 1 aromatic rings. The van der Waals surface area contributed by atoms with Crippen molar-refractivity contribution in [2.75, 3.05) is 7.11 Å². The average molecular weight is 336 g/mol. The van der Waals surface area contributed by atoms with Crippen LogP contribution in [0.15, 0.2) is 12.1 Å².